The topological polar surface area (TPSA) is 43.8 Å². The van der Waals surface area contributed by atoms with Crippen molar-refractivity contribution in [3.8, 4) is 0 Å². The van der Waals surface area contributed by atoms with Crippen LogP contribution in [0.4, 0.5) is 0 Å². The van der Waals surface area contributed by atoms with E-state index in [1.54, 1.807) is 0 Å². The third-order valence-corrected chi connectivity index (χ3v) is 3.78. The summed E-state index contributed by atoms with van der Waals surface area (Å²) in [6.07, 6.45) is 1.33. The van der Waals surface area contributed by atoms with Crippen molar-refractivity contribution in [2.45, 2.75) is 45.2 Å². The third kappa shape index (κ3) is 3.19. The standard InChI is InChI=1S/C12H24N2O2/c1-5-14-9-10(8-11(15)16)13(4)7-6-12(14,2)3/h10H,5-9H2,1-4H3,(H,15,16). The van der Waals surface area contributed by atoms with Gasteiger partial charge in [-0.05, 0) is 40.4 Å². The van der Waals surface area contributed by atoms with Crippen LogP contribution in [-0.4, -0.2) is 59.1 Å². The average Bonchev–Trinajstić information content (AvgIpc) is 2.28. The predicted molar refractivity (Wildman–Crippen MR) is 64.6 cm³/mol. The van der Waals surface area contributed by atoms with E-state index in [4.69, 9.17) is 5.11 Å². The van der Waals surface area contributed by atoms with Gasteiger partial charge in [0, 0.05) is 18.1 Å². The first-order valence-corrected chi connectivity index (χ1v) is 6.04. The first-order valence-electron chi connectivity index (χ1n) is 6.04. The van der Waals surface area contributed by atoms with Crippen LogP contribution < -0.4 is 0 Å². The van der Waals surface area contributed by atoms with E-state index in [-0.39, 0.29) is 18.0 Å². The molecule has 0 saturated carbocycles. The van der Waals surface area contributed by atoms with Crippen molar-refractivity contribution in [1.29, 1.82) is 0 Å². The average molecular weight is 228 g/mol. The second-order valence-corrected chi connectivity index (χ2v) is 5.33. The molecule has 1 atom stereocenters. The number of carboxylic acids is 1. The number of hydrogen-bond donors (Lipinski definition) is 1. The van der Waals surface area contributed by atoms with Crippen LogP contribution in [0, 0.1) is 0 Å². The van der Waals surface area contributed by atoms with Gasteiger partial charge in [-0.25, -0.2) is 0 Å². The molecule has 94 valence electrons. The van der Waals surface area contributed by atoms with Gasteiger partial charge < -0.3 is 10.0 Å². The fourth-order valence-electron chi connectivity index (χ4n) is 2.41. The number of rotatable bonds is 3. The Bertz CT molecular complexity index is 253. The number of carbonyl (C=O) groups is 1. The smallest absolute Gasteiger partial charge is 0.304 e. The highest BCUT2D eigenvalue weighted by Crippen LogP contribution is 2.24. The van der Waals surface area contributed by atoms with Crippen LogP contribution in [0.2, 0.25) is 0 Å². The molecule has 1 aliphatic heterocycles. The summed E-state index contributed by atoms with van der Waals surface area (Å²) >= 11 is 0. The molecule has 0 aromatic carbocycles. The molecular formula is C12H24N2O2. The quantitative estimate of drug-likeness (QED) is 0.790. The largest absolute Gasteiger partial charge is 0.481 e. The van der Waals surface area contributed by atoms with Gasteiger partial charge in [-0.3, -0.25) is 9.69 Å². The lowest BCUT2D eigenvalue weighted by molar-refractivity contribution is -0.138. The fourth-order valence-corrected chi connectivity index (χ4v) is 2.41. The van der Waals surface area contributed by atoms with E-state index >= 15 is 0 Å². The molecule has 0 amide bonds. The highest BCUT2D eigenvalue weighted by atomic mass is 16.4. The zero-order valence-corrected chi connectivity index (χ0v) is 10.9. The molecule has 4 nitrogen and oxygen atoms in total. The van der Waals surface area contributed by atoms with Crippen LogP contribution in [0.5, 0.6) is 0 Å². The van der Waals surface area contributed by atoms with E-state index in [1.165, 1.54) is 0 Å². The monoisotopic (exact) mass is 228 g/mol. The molecule has 0 spiro atoms. The van der Waals surface area contributed by atoms with Gasteiger partial charge in [0.05, 0.1) is 6.42 Å². The molecule has 4 heteroatoms. The summed E-state index contributed by atoms with van der Waals surface area (Å²) < 4.78 is 0. The molecule has 1 heterocycles. The van der Waals surface area contributed by atoms with Crippen molar-refractivity contribution in [1.82, 2.24) is 9.80 Å². The molecule has 0 aromatic rings. The Hall–Kier alpha value is -0.610. The molecule has 0 radical (unpaired) electrons. The highest BCUT2D eigenvalue weighted by Gasteiger charge is 2.33. The van der Waals surface area contributed by atoms with Crippen LogP contribution in [0.25, 0.3) is 0 Å². The van der Waals surface area contributed by atoms with Crippen molar-refractivity contribution in [3.05, 3.63) is 0 Å². The molecule has 16 heavy (non-hydrogen) atoms. The lowest BCUT2D eigenvalue weighted by atomic mass is 9.98. The Morgan fingerprint density at radius 3 is 2.62 bits per heavy atom. The lowest BCUT2D eigenvalue weighted by Crippen LogP contribution is -2.46. The van der Waals surface area contributed by atoms with E-state index in [2.05, 4.69) is 30.6 Å². The maximum absolute atomic E-state index is 10.8. The molecule has 0 aliphatic carbocycles. The molecule has 0 bridgehead atoms. The van der Waals surface area contributed by atoms with E-state index in [9.17, 15) is 4.79 Å². The first kappa shape index (κ1) is 13.5. The summed E-state index contributed by atoms with van der Waals surface area (Å²) in [5.41, 5.74) is 0.177. The van der Waals surface area contributed by atoms with Gasteiger partial charge in [-0.2, -0.15) is 0 Å². The van der Waals surface area contributed by atoms with Crippen molar-refractivity contribution in [2.24, 2.45) is 0 Å². The third-order valence-electron chi connectivity index (χ3n) is 3.78. The predicted octanol–water partition coefficient (Wildman–Crippen LogP) is 1.27. The Balaban J connectivity index is 2.76. The van der Waals surface area contributed by atoms with Crippen LogP contribution in [-0.2, 0) is 4.79 Å². The lowest BCUT2D eigenvalue weighted by Gasteiger charge is -2.37. The summed E-state index contributed by atoms with van der Waals surface area (Å²) in [6, 6.07) is 0.138. The minimum absolute atomic E-state index is 0.138. The maximum atomic E-state index is 10.8. The molecule has 1 unspecified atom stereocenters. The van der Waals surface area contributed by atoms with Gasteiger partial charge in [0.2, 0.25) is 0 Å². The minimum atomic E-state index is -0.701. The molecular weight excluding hydrogens is 204 g/mol. The molecule has 1 rings (SSSR count). The summed E-state index contributed by atoms with van der Waals surface area (Å²) in [4.78, 5) is 15.4. The van der Waals surface area contributed by atoms with Gasteiger partial charge in [0.25, 0.3) is 0 Å². The van der Waals surface area contributed by atoms with E-state index in [0.29, 0.717) is 0 Å². The zero-order valence-electron chi connectivity index (χ0n) is 10.9. The maximum Gasteiger partial charge on any atom is 0.304 e. The van der Waals surface area contributed by atoms with E-state index < -0.39 is 5.97 Å². The molecule has 1 saturated heterocycles. The van der Waals surface area contributed by atoms with Gasteiger partial charge >= 0.3 is 5.97 Å². The number of nitrogens with zero attached hydrogens (tertiary/aromatic N) is 2. The number of hydrogen-bond acceptors (Lipinski definition) is 3. The Morgan fingerprint density at radius 2 is 2.12 bits per heavy atom. The Morgan fingerprint density at radius 1 is 1.50 bits per heavy atom. The fraction of sp³-hybridized carbons (Fsp3) is 0.917. The normalized spacial score (nSPS) is 27.6. The van der Waals surface area contributed by atoms with Crippen LogP contribution in [0.3, 0.4) is 0 Å². The second-order valence-electron chi connectivity index (χ2n) is 5.33. The zero-order chi connectivity index (χ0) is 12.3. The van der Waals surface area contributed by atoms with Gasteiger partial charge in [-0.15, -0.1) is 0 Å². The first-order chi connectivity index (χ1) is 7.36. The van der Waals surface area contributed by atoms with Gasteiger partial charge in [0.15, 0.2) is 0 Å². The minimum Gasteiger partial charge on any atom is -0.481 e. The van der Waals surface area contributed by atoms with Crippen LogP contribution in [0.15, 0.2) is 0 Å². The Kier molecular flexibility index (Phi) is 4.33. The number of aliphatic carboxylic acids is 1. The van der Waals surface area contributed by atoms with Crippen molar-refractivity contribution >= 4 is 5.97 Å². The molecule has 1 N–H and O–H groups in total. The van der Waals surface area contributed by atoms with Crippen LogP contribution >= 0.6 is 0 Å². The summed E-state index contributed by atoms with van der Waals surface area (Å²) in [7, 11) is 2.03. The molecule has 1 fully saturated rings. The van der Waals surface area contributed by atoms with E-state index in [0.717, 1.165) is 26.1 Å². The summed E-state index contributed by atoms with van der Waals surface area (Å²) in [5.74, 6) is -0.701. The van der Waals surface area contributed by atoms with E-state index in [1.807, 2.05) is 7.05 Å². The van der Waals surface area contributed by atoms with Crippen molar-refractivity contribution in [3.63, 3.8) is 0 Å². The van der Waals surface area contributed by atoms with Crippen molar-refractivity contribution in [2.75, 3.05) is 26.7 Å². The van der Waals surface area contributed by atoms with Gasteiger partial charge in [-0.1, -0.05) is 6.92 Å². The van der Waals surface area contributed by atoms with Crippen LogP contribution in [0.1, 0.15) is 33.6 Å². The second kappa shape index (κ2) is 5.15. The summed E-state index contributed by atoms with van der Waals surface area (Å²) in [6.45, 7) is 9.44. The Labute approximate surface area is 98.2 Å². The number of likely N-dealkylation sites (N-methyl/N-ethyl adjacent to an activating group) is 2. The van der Waals surface area contributed by atoms with Gasteiger partial charge in [0.1, 0.15) is 0 Å². The van der Waals surface area contributed by atoms with Crippen molar-refractivity contribution < 1.29 is 9.90 Å². The summed E-state index contributed by atoms with van der Waals surface area (Å²) in [5, 5.41) is 8.92. The molecule has 0 aromatic heterocycles. The highest BCUT2D eigenvalue weighted by molar-refractivity contribution is 5.67. The SMILES string of the molecule is CCN1CC(CC(=O)O)N(C)CCC1(C)C. The number of carboxylic acid groups (broad SMARTS) is 1. The molecule has 1 aliphatic rings.